The van der Waals surface area contributed by atoms with Crippen molar-refractivity contribution in [3.63, 3.8) is 0 Å². The molecule has 6 heteroatoms. The molecule has 2 saturated heterocycles. The van der Waals surface area contributed by atoms with Gasteiger partial charge in [0.1, 0.15) is 0 Å². The van der Waals surface area contributed by atoms with Gasteiger partial charge in [-0.1, -0.05) is 13.3 Å². The largest absolute Gasteiger partial charge is 0.332 e. The molecule has 2 fully saturated rings. The molecule has 3 amide bonds. The summed E-state index contributed by atoms with van der Waals surface area (Å²) in [6.45, 7) is 2.18. The Labute approximate surface area is 139 Å². The van der Waals surface area contributed by atoms with Crippen LogP contribution in [0.1, 0.15) is 30.1 Å². The number of benzene rings is 1. The fraction of sp³-hybridized carbons (Fsp3) is 0.500. The van der Waals surface area contributed by atoms with Gasteiger partial charge >= 0.3 is 6.03 Å². The molecule has 0 saturated carbocycles. The first kappa shape index (κ1) is 15.7. The van der Waals surface area contributed by atoms with E-state index < -0.39 is 0 Å². The van der Waals surface area contributed by atoms with Gasteiger partial charge in [0.25, 0.3) is 5.91 Å². The number of nitrogens with one attached hydrogen (secondary N) is 1. The lowest BCUT2D eigenvalue weighted by Crippen LogP contribution is -2.41. The summed E-state index contributed by atoms with van der Waals surface area (Å²) < 4.78 is 0. The number of imide groups is 1. The molecule has 1 aromatic carbocycles. The molecular weight excluding hydrogens is 316 g/mol. The van der Waals surface area contributed by atoms with Crippen molar-refractivity contribution in [3.05, 3.63) is 29.8 Å². The summed E-state index contributed by atoms with van der Waals surface area (Å²) in [5.41, 5.74) is 0.590. The van der Waals surface area contributed by atoms with E-state index in [2.05, 4.69) is 12.2 Å². The summed E-state index contributed by atoms with van der Waals surface area (Å²) in [5, 5.41) is 2.90. The molecule has 0 spiro atoms. The Morgan fingerprint density at radius 2 is 2.14 bits per heavy atom. The van der Waals surface area contributed by atoms with Crippen LogP contribution in [0.3, 0.4) is 0 Å². The maximum Gasteiger partial charge on any atom is 0.325 e. The number of hydrogen-bond acceptors (Lipinski definition) is 4. The second-order valence-electron chi connectivity index (χ2n) is 5.56. The number of carbonyl (C=O) groups is 2. The van der Waals surface area contributed by atoms with Crippen molar-refractivity contribution in [1.82, 2.24) is 10.2 Å². The van der Waals surface area contributed by atoms with Crippen molar-refractivity contribution < 1.29 is 9.59 Å². The minimum absolute atomic E-state index is 0.00334. The van der Waals surface area contributed by atoms with Crippen LogP contribution in [0.5, 0.6) is 0 Å². The van der Waals surface area contributed by atoms with Crippen LogP contribution in [0.2, 0.25) is 0 Å². The average molecular weight is 336 g/mol. The lowest BCUT2D eigenvalue weighted by atomic mass is 10.1. The average Bonchev–Trinajstić information content (AvgIpc) is 3.07. The first-order chi connectivity index (χ1) is 10.7. The van der Waals surface area contributed by atoms with Crippen LogP contribution < -0.4 is 5.32 Å². The van der Waals surface area contributed by atoms with E-state index >= 15 is 0 Å². The lowest BCUT2D eigenvalue weighted by molar-refractivity contribution is 0.0791. The van der Waals surface area contributed by atoms with Gasteiger partial charge in [-0.3, -0.25) is 9.69 Å². The quantitative estimate of drug-likeness (QED) is 0.509. The van der Waals surface area contributed by atoms with Gasteiger partial charge < -0.3 is 5.32 Å². The van der Waals surface area contributed by atoms with E-state index in [0.29, 0.717) is 5.56 Å². The Balaban J connectivity index is 1.68. The highest BCUT2D eigenvalue weighted by Crippen LogP contribution is 2.29. The van der Waals surface area contributed by atoms with E-state index in [-0.39, 0.29) is 24.0 Å². The summed E-state index contributed by atoms with van der Waals surface area (Å²) in [6, 6.07) is 7.49. The number of amides is 3. The Bertz CT molecular complexity index is 562. The Morgan fingerprint density at radius 3 is 2.86 bits per heavy atom. The fourth-order valence-corrected chi connectivity index (χ4v) is 5.04. The van der Waals surface area contributed by atoms with Gasteiger partial charge in [-0.2, -0.15) is 11.8 Å². The molecule has 2 aliphatic rings. The second-order valence-corrected chi connectivity index (χ2v) is 7.81. The van der Waals surface area contributed by atoms with Crippen LogP contribution in [0.4, 0.5) is 4.79 Å². The minimum Gasteiger partial charge on any atom is -0.332 e. The Hall–Kier alpha value is -1.14. The Kier molecular flexibility index (Phi) is 4.98. The minimum atomic E-state index is -0.248. The topological polar surface area (TPSA) is 49.4 Å². The van der Waals surface area contributed by atoms with Gasteiger partial charge in [0.15, 0.2) is 0 Å². The molecule has 2 unspecified atom stereocenters. The van der Waals surface area contributed by atoms with Gasteiger partial charge in [-0.25, -0.2) is 4.79 Å². The molecule has 2 heterocycles. The van der Waals surface area contributed by atoms with E-state index in [1.165, 1.54) is 22.6 Å². The number of nitrogens with zero attached hydrogens (tertiary/aromatic N) is 1. The number of rotatable bonds is 5. The first-order valence-electron chi connectivity index (χ1n) is 7.65. The summed E-state index contributed by atoms with van der Waals surface area (Å²) in [4.78, 5) is 27.2. The molecule has 2 atom stereocenters. The van der Waals surface area contributed by atoms with E-state index in [0.717, 1.165) is 17.3 Å². The van der Waals surface area contributed by atoms with Gasteiger partial charge in [0.2, 0.25) is 0 Å². The highest BCUT2D eigenvalue weighted by atomic mass is 32.2. The summed E-state index contributed by atoms with van der Waals surface area (Å²) >= 11 is 3.59. The molecular formula is C16H20N2O2S2. The number of thioether (sulfide) groups is 2. The van der Waals surface area contributed by atoms with Gasteiger partial charge in [-0.15, -0.1) is 11.8 Å². The van der Waals surface area contributed by atoms with E-state index in [1.807, 2.05) is 24.3 Å². The maximum absolute atomic E-state index is 12.6. The summed E-state index contributed by atoms with van der Waals surface area (Å²) in [6.07, 6.45) is 2.38. The zero-order valence-corrected chi connectivity index (χ0v) is 14.2. The predicted octanol–water partition coefficient (Wildman–Crippen LogP) is 3.23. The monoisotopic (exact) mass is 336 g/mol. The molecule has 22 heavy (non-hydrogen) atoms. The van der Waals surface area contributed by atoms with E-state index in [9.17, 15) is 9.59 Å². The second kappa shape index (κ2) is 6.96. The van der Waals surface area contributed by atoms with Crippen molar-refractivity contribution in [1.29, 1.82) is 0 Å². The number of carbonyl (C=O) groups excluding carboxylic acids is 2. The van der Waals surface area contributed by atoms with Crippen LogP contribution in [0.25, 0.3) is 0 Å². The molecule has 0 aromatic heterocycles. The van der Waals surface area contributed by atoms with Crippen molar-refractivity contribution >= 4 is 35.5 Å². The maximum atomic E-state index is 12.6. The Morgan fingerprint density at radius 1 is 1.36 bits per heavy atom. The van der Waals surface area contributed by atoms with Gasteiger partial charge in [0, 0.05) is 22.0 Å². The zero-order valence-electron chi connectivity index (χ0n) is 12.6. The normalized spacial score (nSPS) is 23.5. The van der Waals surface area contributed by atoms with Crippen LogP contribution in [0.15, 0.2) is 29.2 Å². The SMILES string of the molecule is CCCCSc1ccc(C(=O)N2C(=O)NC3CSCC32)cc1. The van der Waals surface area contributed by atoms with Crippen LogP contribution >= 0.6 is 23.5 Å². The molecule has 118 valence electrons. The molecule has 2 aliphatic heterocycles. The molecule has 1 aromatic rings. The van der Waals surface area contributed by atoms with Crippen molar-refractivity contribution in [3.8, 4) is 0 Å². The number of hydrogen-bond donors (Lipinski definition) is 1. The highest BCUT2D eigenvalue weighted by molar-refractivity contribution is 7.99. The third-order valence-corrected chi connectivity index (χ3v) is 6.27. The highest BCUT2D eigenvalue weighted by Gasteiger charge is 2.45. The molecule has 3 rings (SSSR count). The molecule has 0 aliphatic carbocycles. The van der Waals surface area contributed by atoms with Crippen molar-refractivity contribution in [2.75, 3.05) is 17.3 Å². The van der Waals surface area contributed by atoms with Gasteiger partial charge in [0.05, 0.1) is 12.1 Å². The van der Waals surface area contributed by atoms with E-state index in [4.69, 9.17) is 0 Å². The molecule has 4 nitrogen and oxygen atoms in total. The standard InChI is InChI=1S/C16H20N2O2S2/c1-2-3-8-22-12-6-4-11(5-7-12)15(19)18-14-10-21-9-13(14)17-16(18)20/h4-7,13-14H,2-3,8-10H2,1H3,(H,17,20). The molecule has 1 N–H and O–H groups in total. The van der Waals surface area contributed by atoms with Crippen molar-refractivity contribution in [2.45, 2.75) is 36.7 Å². The number of fused-ring (bicyclic) bond motifs is 1. The molecule has 0 bridgehead atoms. The van der Waals surface area contributed by atoms with Crippen molar-refractivity contribution in [2.24, 2.45) is 0 Å². The lowest BCUT2D eigenvalue weighted by Gasteiger charge is -2.19. The third-order valence-electron chi connectivity index (χ3n) is 4.00. The predicted molar refractivity (Wildman–Crippen MR) is 91.7 cm³/mol. The van der Waals surface area contributed by atoms with Crippen LogP contribution in [-0.4, -0.2) is 46.2 Å². The fourth-order valence-electron chi connectivity index (χ4n) is 2.72. The first-order valence-corrected chi connectivity index (χ1v) is 9.79. The smallest absolute Gasteiger partial charge is 0.325 e. The number of urea groups is 1. The zero-order chi connectivity index (χ0) is 15.5. The number of unbranched alkanes of at least 4 members (excludes halogenated alkanes) is 1. The third kappa shape index (κ3) is 3.13. The molecule has 0 radical (unpaired) electrons. The summed E-state index contributed by atoms with van der Waals surface area (Å²) in [5.74, 6) is 2.64. The van der Waals surface area contributed by atoms with Gasteiger partial charge in [-0.05, 0) is 36.4 Å². The van der Waals surface area contributed by atoms with E-state index in [1.54, 1.807) is 23.5 Å². The van der Waals surface area contributed by atoms with Crippen LogP contribution in [-0.2, 0) is 0 Å². The summed E-state index contributed by atoms with van der Waals surface area (Å²) in [7, 11) is 0. The van der Waals surface area contributed by atoms with Crippen LogP contribution in [0, 0.1) is 0 Å².